The van der Waals surface area contributed by atoms with Crippen molar-refractivity contribution in [3.05, 3.63) is 54.2 Å². The molecule has 0 radical (unpaired) electrons. The Bertz CT molecular complexity index is 813. The summed E-state index contributed by atoms with van der Waals surface area (Å²) >= 11 is 0. The predicted octanol–water partition coefficient (Wildman–Crippen LogP) is 3.17. The molecule has 1 atom stereocenters. The molecule has 5 nitrogen and oxygen atoms in total. The Morgan fingerprint density at radius 3 is 2.43 bits per heavy atom. The number of alkyl halides is 3. The second-order valence-corrected chi connectivity index (χ2v) is 5.14. The highest BCUT2D eigenvalue weighted by molar-refractivity contribution is 5.74. The van der Waals surface area contributed by atoms with E-state index in [1.54, 1.807) is 12.1 Å². The number of halogens is 3. The Morgan fingerprint density at radius 2 is 1.78 bits per heavy atom. The first kappa shape index (κ1) is 15.3. The number of nitrogens with zero attached hydrogens (tertiary/aromatic N) is 5. The van der Waals surface area contributed by atoms with Gasteiger partial charge >= 0.3 is 6.18 Å². The summed E-state index contributed by atoms with van der Waals surface area (Å²) in [7, 11) is 1.77. The molecule has 0 amide bonds. The van der Waals surface area contributed by atoms with Crippen LogP contribution in [0.25, 0.3) is 11.2 Å². The Morgan fingerprint density at radius 1 is 1.09 bits per heavy atom. The Labute approximate surface area is 130 Å². The van der Waals surface area contributed by atoms with Crippen molar-refractivity contribution in [2.24, 2.45) is 0 Å². The van der Waals surface area contributed by atoms with Gasteiger partial charge in [-0.05, 0) is 12.5 Å². The van der Waals surface area contributed by atoms with Crippen molar-refractivity contribution in [2.45, 2.75) is 19.1 Å². The molecule has 2 heterocycles. The molecule has 0 fully saturated rings. The van der Waals surface area contributed by atoms with Gasteiger partial charge in [-0.25, -0.2) is 19.6 Å². The number of benzene rings is 1. The smallest absolute Gasteiger partial charge is 0.306 e. The van der Waals surface area contributed by atoms with Gasteiger partial charge in [0.15, 0.2) is 11.3 Å². The molecule has 0 N–H and O–H groups in total. The van der Waals surface area contributed by atoms with E-state index in [0.717, 1.165) is 11.9 Å². The van der Waals surface area contributed by atoms with Crippen LogP contribution in [-0.2, 0) is 6.18 Å². The lowest BCUT2D eigenvalue weighted by Crippen LogP contribution is -2.32. The van der Waals surface area contributed by atoms with E-state index in [1.807, 2.05) is 37.3 Å². The summed E-state index contributed by atoms with van der Waals surface area (Å²) in [4.78, 5) is 11.1. The lowest BCUT2D eigenvalue weighted by Gasteiger charge is -2.28. The first-order valence-corrected chi connectivity index (χ1v) is 6.93. The van der Waals surface area contributed by atoms with Crippen LogP contribution in [-0.4, -0.2) is 26.7 Å². The molecular weight excluding hydrogens is 307 g/mol. The highest BCUT2D eigenvalue weighted by atomic mass is 19.4. The van der Waals surface area contributed by atoms with Crippen LogP contribution in [0.15, 0.2) is 43.0 Å². The van der Waals surface area contributed by atoms with Crippen LogP contribution in [0, 0.1) is 0 Å². The molecule has 2 aromatic heterocycles. The Balaban J connectivity index is 2.04. The van der Waals surface area contributed by atoms with Crippen LogP contribution in [0.5, 0.6) is 0 Å². The van der Waals surface area contributed by atoms with Gasteiger partial charge in [0, 0.05) is 7.05 Å². The molecule has 0 aliphatic carbocycles. The minimum atomic E-state index is -4.57. The zero-order valence-electron chi connectivity index (χ0n) is 12.5. The van der Waals surface area contributed by atoms with E-state index in [4.69, 9.17) is 0 Å². The van der Waals surface area contributed by atoms with Gasteiger partial charge in [0.05, 0.1) is 6.04 Å². The minimum absolute atomic E-state index is 0.0714. The van der Waals surface area contributed by atoms with E-state index in [1.165, 1.54) is 11.0 Å². The van der Waals surface area contributed by atoms with Gasteiger partial charge in [-0.1, -0.05) is 30.3 Å². The fourth-order valence-electron chi connectivity index (χ4n) is 2.40. The quantitative estimate of drug-likeness (QED) is 0.743. The molecule has 0 bridgehead atoms. The number of aromatic nitrogens is 4. The largest absolute Gasteiger partial charge is 0.435 e. The standard InChI is InChI=1S/C15H14F3N5/c1-10(11-6-4-3-5-7-11)22(2)23-9-21-12-13(15(16,17)18)19-8-20-14(12)23/h3-10H,1-2H3. The number of fused-ring (bicyclic) bond motifs is 1. The summed E-state index contributed by atoms with van der Waals surface area (Å²) in [5, 5.41) is 1.78. The van der Waals surface area contributed by atoms with Crippen LogP contribution in [0.4, 0.5) is 13.2 Å². The SMILES string of the molecule is CC(c1ccccc1)N(C)n1cnc2c(C(F)(F)F)ncnc21. The monoisotopic (exact) mass is 321 g/mol. The second kappa shape index (κ2) is 5.53. The van der Waals surface area contributed by atoms with Crippen molar-refractivity contribution in [3.63, 3.8) is 0 Å². The summed E-state index contributed by atoms with van der Waals surface area (Å²) in [6.45, 7) is 1.95. The number of rotatable bonds is 3. The molecule has 0 saturated carbocycles. The van der Waals surface area contributed by atoms with Gasteiger partial charge in [-0.2, -0.15) is 13.2 Å². The lowest BCUT2D eigenvalue weighted by molar-refractivity contribution is -0.140. The summed E-state index contributed by atoms with van der Waals surface area (Å²) in [5.41, 5.74) is -0.131. The van der Waals surface area contributed by atoms with E-state index in [-0.39, 0.29) is 17.2 Å². The molecule has 8 heteroatoms. The van der Waals surface area contributed by atoms with Gasteiger partial charge in [0.25, 0.3) is 0 Å². The van der Waals surface area contributed by atoms with Gasteiger partial charge < -0.3 is 5.01 Å². The summed E-state index contributed by atoms with van der Waals surface area (Å²) in [6, 6.07) is 9.57. The van der Waals surface area contributed by atoms with Crippen LogP contribution in [0.2, 0.25) is 0 Å². The fourth-order valence-corrected chi connectivity index (χ4v) is 2.40. The van der Waals surface area contributed by atoms with Gasteiger partial charge in [-0.15, -0.1) is 0 Å². The molecule has 0 spiro atoms. The Kier molecular flexibility index (Phi) is 3.67. The van der Waals surface area contributed by atoms with Crippen molar-refractivity contribution in [3.8, 4) is 0 Å². The molecule has 3 rings (SSSR count). The third kappa shape index (κ3) is 2.71. The van der Waals surface area contributed by atoms with E-state index in [0.29, 0.717) is 0 Å². The average molecular weight is 321 g/mol. The zero-order chi connectivity index (χ0) is 16.6. The van der Waals surface area contributed by atoms with Gasteiger partial charge in [0.1, 0.15) is 18.2 Å². The maximum absolute atomic E-state index is 13.0. The predicted molar refractivity (Wildman–Crippen MR) is 79.3 cm³/mol. The van der Waals surface area contributed by atoms with Crippen LogP contribution in [0.3, 0.4) is 0 Å². The number of hydrogen-bond donors (Lipinski definition) is 0. The average Bonchev–Trinajstić information content (AvgIpc) is 2.97. The van der Waals surface area contributed by atoms with Crippen LogP contribution < -0.4 is 5.01 Å². The molecule has 3 aromatic rings. The van der Waals surface area contributed by atoms with Crippen LogP contribution >= 0.6 is 0 Å². The number of imidazole rings is 1. The van der Waals surface area contributed by atoms with E-state index < -0.39 is 11.9 Å². The number of hydrogen-bond acceptors (Lipinski definition) is 4. The van der Waals surface area contributed by atoms with Crippen LogP contribution in [0.1, 0.15) is 24.2 Å². The lowest BCUT2D eigenvalue weighted by atomic mass is 10.1. The van der Waals surface area contributed by atoms with E-state index in [9.17, 15) is 13.2 Å². The maximum atomic E-state index is 13.0. The van der Waals surface area contributed by atoms with Gasteiger partial charge in [-0.3, -0.25) is 0 Å². The summed E-state index contributed by atoms with van der Waals surface area (Å²) < 4.78 is 40.5. The normalized spacial score (nSPS) is 13.3. The third-order valence-corrected chi connectivity index (χ3v) is 3.77. The van der Waals surface area contributed by atoms with Crippen molar-refractivity contribution < 1.29 is 13.2 Å². The topological polar surface area (TPSA) is 46.8 Å². The molecule has 1 aromatic carbocycles. The maximum Gasteiger partial charge on any atom is 0.435 e. The zero-order valence-corrected chi connectivity index (χ0v) is 12.5. The minimum Gasteiger partial charge on any atom is -0.306 e. The highest BCUT2D eigenvalue weighted by Crippen LogP contribution is 2.31. The van der Waals surface area contributed by atoms with E-state index in [2.05, 4.69) is 15.0 Å². The van der Waals surface area contributed by atoms with Crippen molar-refractivity contribution in [2.75, 3.05) is 12.1 Å². The van der Waals surface area contributed by atoms with Crippen molar-refractivity contribution >= 4 is 11.2 Å². The van der Waals surface area contributed by atoms with E-state index >= 15 is 0 Å². The first-order chi connectivity index (χ1) is 10.9. The second-order valence-electron chi connectivity index (χ2n) is 5.14. The third-order valence-electron chi connectivity index (χ3n) is 3.77. The van der Waals surface area contributed by atoms with Gasteiger partial charge in [0.2, 0.25) is 0 Å². The highest BCUT2D eigenvalue weighted by Gasteiger charge is 2.36. The first-order valence-electron chi connectivity index (χ1n) is 6.93. The molecule has 1 unspecified atom stereocenters. The van der Waals surface area contributed by atoms with Crippen molar-refractivity contribution in [1.29, 1.82) is 0 Å². The molecule has 0 saturated heterocycles. The molecule has 0 aliphatic rings. The Hall–Kier alpha value is -2.64. The fraction of sp³-hybridized carbons (Fsp3) is 0.267. The molecule has 120 valence electrons. The molecule has 0 aliphatic heterocycles. The summed E-state index contributed by atoms with van der Waals surface area (Å²) in [6.07, 6.45) is -2.33. The summed E-state index contributed by atoms with van der Waals surface area (Å²) in [5.74, 6) is 0. The molecular formula is C15H14F3N5. The van der Waals surface area contributed by atoms with Crippen molar-refractivity contribution in [1.82, 2.24) is 19.6 Å². The molecule has 23 heavy (non-hydrogen) atoms.